The minimum absolute atomic E-state index is 0.0276. The first-order chi connectivity index (χ1) is 13.3. The summed E-state index contributed by atoms with van der Waals surface area (Å²) in [5.41, 5.74) is -0.661. The standard InChI is InChI=1S/C23H34N4O/c1-14(2)10-19-21-18-12-25-23(19,22(28)26-20-8-6-7-9-24-20)11-17(18)16(5)27(21)13-15(3)4/h6-9,12,14-19,21H,10-11,13H2,1-5H3,(H,24,26,28). The normalized spacial score (nSPS) is 36.5. The highest BCUT2D eigenvalue weighted by atomic mass is 16.2. The third kappa shape index (κ3) is 3.08. The summed E-state index contributed by atoms with van der Waals surface area (Å²) in [4.78, 5) is 25.6. The molecule has 5 heteroatoms. The number of aromatic nitrogens is 1. The number of hydrogen-bond acceptors (Lipinski definition) is 4. The summed E-state index contributed by atoms with van der Waals surface area (Å²) >= 11 is 0. The first-order valence-electron chi connectivity index (χ1n) is 10.9. The van der Waals surface area contributed by atoms with Gasteiger partial charge in [0, 0.05) is 42.9 Å². The second-order valence-electron chi connectivity index (χ2n) is 9.87. The van der Waals surface area contributed by atoms with E-state index < -0.39 is 5.54 Å². The highest BCUT2D eigenvalue weighted by Gasteiger charge is 2.65. The molecule has 1 N–H and O–H groups in total. The van der Waals surface area contributed by atoms with Crippen molar-refractivity contribution in [1.29, 1.82) is 0 Å². The zero-order valence-corrected chi connectivity index (χ0v) is 17.8. The number of nitrogens with one attached hydrogen (secondary N) is 1. The minimum Gasteiger partial charge on any atom is -0.309 e. The Morgan fingerprint density at radius 2 is 2.07 bits per heavy atom. The van der Waals surface area contributed by atoms with Crippen LogP contribution >= 0.6 is 0 Å². The van der Waals surface area contributed by atoms with Crippen molar-refractivity contribution >= 4 is 17.9 Å². The van der Waals surface area contributed by atoms with E-state index in [9.17, 15) is 4.79 Å². The largest absolute Gasteiger partial charge is 0.309 e. The molecule has 6 atom stereocenters. The van der Waals surface area contributed by atoms with E-state index in [0.717, 1.165) is 19.4 Å². The number of anilines is 1. The fraction of sp³-hybridized carbons (Fsp3) is 0.696. The highest BCUT2D eigenvalue weighted by molar-refractivity contribution is 6.00. The summed E-state index contributed by atoms with van der Waals surface area (Å²) in [5.74, 6) is 3.06. The fourth-order valence-corrected chi connectivity index (χ4v) is 6.01. The molecule has 1 saturated carbocycles. The number of pyridine rings is 1. The van der Waals surface area contributed by atoms with Crippen molar-refractivity contribution in [3.8, 4) is 0 Å². The molecule has 6 unspecified atom stereocenters. The molecule has 4 heterocycles. The molecule has 3 aliphatic heterocycles. The number of carbonyl (C=O) groups excluding carboxylic acids is 1. The number of carbonyl (C=O) groups is 1. The highest BCUT2D eigenvalue weighted by Crippen LogP contribution is 2.57. The second-order valence-corrected chi connectivity index (χ2v) is 9.87. The summed E-state index contributed by atoms with van der Waals surface area (Å²) in [6.07, 6.45) is 5.74. The van der Waals surface area contributed by atoms with Crippen LogP contribution in [-0.4, -0.2) is 46.2 Å². The predicted molar refractivity (Wildman–Crippen MR) is 113 cm³/mol. The monoisotopic (exact) mass is 382 g/mol. The van der Waals surface area contributed by atoms with E-state index in [4.69, 9.17) is 4.99 Å². The Labute approximate surface area is 169 Å². The van der Waals surface area contributed by atoms with Crippen molar-refractivity contribution in [2.45, 2.75) is 65.1 Å². The topological polar surface area (TPSA) is 57.6 Å². The van der Waals surface area contributed by atoms with Crippen LogP contribution in [-0.2, 0) is 4.79 Å². The van der Waals surface area contributed by atoms with Crippen LogP contribution in [0, 0.1) is 29.6 Å². The maximum atomic E-state index is 13.6. The van der Waals surface area contributed by atoms with E-state index in [1.807, 2.05) is 18.2 Å². The molecule has 1 aromatic rings. The van der Waals surface area contributed by atoms with Gasteiger partial charge in [0.15, 0.2) is 0 Å². The van der Waals surface area contributed by atoms with Crippen LogP contribution in [0.1, 0.15) is 47.5 Å². The lowest BCUT2D eigenvalue weighted by Crippen LogP contribution is -2.62. The number of rotatable bonds is 6. The summed E-state index contributed by atoms with van der Waals surface area (Å²) in [6, 6.07) is 6.55. The Balaban J connectivity index is 1.71. The van der Waals surface area contributed by atoms with E-state index in [1.165, 1.54) is 0 Å². The molecular weight excluding hydrogens is 348 g/mol. The Morgan fingerprint density at radius 1 is 1.29 bits per heavy atom. The molecule has 1 saturated heterocycles. The molecule has 152 valence electrons. The van der Waals surface area contributed by atoms with Crippen molar-refractivity contribution in [2.24, 2.45) is 34.6 Å². The van der Waals surface area contributed by atoms with Gasteiger partial charge in [0.2, 0.25) is 0 Å². The molecule has 4 aliphatic rings. The molecule has 1 aromatic heterocycles. The van der Waals surface area contributed by atoms with Crippen molar-refractivity contribution in [3.63, 3.8) is 0 Å². The number of likely N-dealkylation sites (tertiary alicyclic amines) is 1. The van der Waals surface area contributed by atoms with Gasteiger partial charge < -0.3 is 5.32 Å². The van der Waals surface area contributed by atoms with Crippen LogP contribution in [0.3, 0.4) is 0 Å². The van der Waals surface area contributed by atoms with Gasteiger partial charge in [-0.15, -0.1) is 0 Å². The summed E-state index contributed by atoms with van der Waals surface area (Å²) in [7, 11) is 0. The van der Waals surface area contributed by atoms with E-state index >= 15 is 0 Å². The van der Waals surface area contributed by atoms with Gasteiger partial charge in [-0.3, -0.25) is 14.7 Å². The maximum absolute atomic E-state index is 13.6. The van der Waals surface area contributed by atoms with Gasteiger partial charge in [-0.25, -0.2) is 4.98 Å². The fourth-order valence-electron chi connectivity index (χ4n) is 6.01. The van der Waals surface area contributed by atoms with Gasteiger partial charge in [0.1, 0.15) is 11.4 Å². The molecule has 5 nitrogen and oxygen atoms in total. The molecule has 2 fully saturated rings. The van der Waals surface area contributed by atoms with Crippen LogP contribution in [0.4, 0.5) is 5.82 Å². The lowest BCUT2D eigenvalue weighted by atomic mass is 9.58. The van der Waals surface area contributed by atoms with Gasteiger partial charge in [0.25, 0.3) is 5.91 Å². The Bertz CT molecular complexity index is 746. The summed E-state index contributed by atoms with van der Waals surface area (Å²) in [6.45, 7) is 12.6. The SMILES string of the molecule is CC(C)CC1C2C3C=NC1(C(=O)Nc1ccccn1)CC3C(C)N2CC(C)C. The van der Waals surface area contributed by atoms with E-state index in [1.54, 1.807) is 6.20 Å². The first-order valence-corrected chi connectivity index (χ1v) is 10.9. The smallest absolute Gasteiger partial charge is 0.253 e. The average Bonchev–Trinajstić information content (AvgIpc) is 2.87. The molecule has 5 rings (SSSR count). The number of aliphatic imine (C=N–C) groups is 1. The van der Waals surface area contributed by atoms with Crippen molar-refractivity contribution in [1.82, 2.24) is 9.88 Å². The summed E-state index contributed by atoms with van der Waals surface area (Å²) < 4.78 is 0. The third-order valence-electron chi connectivity index (χ3n) is 7.07. The Kier molecular flexibility index (Phi) is 5.07. The Morgan fingerprint density at radius 3 is 2.71 bits per heavy atom. The van der Waals surface area contributed by atoms with Gasteiger partial charge >= 0.3 is 0 Å². The number of nitrogens with zero attached hydrogens (tertiary/aromatic N) is 3. The van der Waals surface area contributed by atoms with E-state index in [-0.39, 0.29) is 11.8 Å². The minimum atomic E-state index is -0.661. The van der Waals surface area contributed by atoms with Gasteiger partial charge in [-0.2, -0.15) is 0 Å². The molecule has 4 bridgehead atoms. The van der Waals surface area contributed by atoms with Crippen molar-refractivity contribution in [3.05, 3.63) is 24.4 Å². The molecule has 1 amide bonds. The zero-order chi connectivity index (χ0) is 20.1. The van der Waals surface area contributed by atoms with Crippen LogP contribution in [0.25, 0.3) is 0 Å². The van der Waals surface area contributed by atoms with E-state index in [0.29, 0.717) is 41.6 Å². The lowest BCUT2D eigenvalue weighted by Gasteiger charge is -2.51. The van der Waals surface area contributed by atoms with Crippen LogP contribution in [0.5, 0.6) is 0 Å². The third-order valence-corrected chi connectivity index (χ3v) is 7.07. The zero-order valence-electron chi connectivity index (χ0n) is 17.8. The maximum Gasteiger partial charge on any atom is 0.253 e. The molecule has 0 radical (unpaired) electrons. The van der Waals surface area contributed by atoms with Crippen LogP contribution in [0.15, 0.2) is 29.4 Å². The van der Waals surface area contributed by atoms with E-state index in [2.05, 4.69) is 56.0 Å². The molecule has 0 spiro atoms. The van der Waals surface area contributed by atoms with Gasteiger partial charge in [0.05, 0.1) is 0 Å². The van der Waals surface area contributed by atoms with Crippen molar-refractivity contribution < 1.29 is 4.79 Å². The van der Waals surface area contributed by atoms with Crippen LogP contribution < -0.4 is 5.32 Å². The lowest BCUT2D eigenvalue weighted by molar-refractivity contribution is -0.127. The predicted octanol–water partition coefficient (Wildman–Crippen LogP) is 3.87. The first kappa shape index (κ1) is 19.6. The Hall–Kier alpha value is -1.75. The molecule has 28 heavy (non-hydrogen) atoms. The molecular formula is C23H34N4O. The number of amides is 1. The number of hydrogen-bond donors (Lipinski definition) is 1. The van der Waals surface area contributed by atoms with Gasteiger partial charge in [-0.05, 0) is 49.7 Å². The molecule has 0 aromatic carbocycles. The second kappa shape index (κ2) is 7.25. The molecule has 1 aliphatic carbocycles. The summed E-state index contributed by atoms with van der Waals surface area (Å²) in [5, 5.41) is 3.09. The average molecular weight is 383 g/mol. The van der Waals surface area contributed by atoms with Crippen LogP contribution in [0.2, 0.25) is 0 Å². The van der Waals surface area contributed by atoms with Crippen molar-refractivity contribution in [2.75, 3.05) is 11.9 Å². The van der Waals surface area contributed by atoms with Gasteiger partial charge in [-0.1, -0.05) is 33.8 Å². The quantitative estimate of drug-likeness (QED) is 0.812.